The minimum absolute atomic E-state index is 0.0780. The van der Waals surface area contributed by atoms with Crippen molar-refractivity contribution < 1.29 is 28.2 Å². The highest BCUT2D eigenvalue weighted by Gasteiger charge is 2.21. The molecule has 8 heteroatoms. The number of halogens is 2. The van der Waals surface area contributed by atoms with Gasteiger partial charge in [-0.2, -0.15) is 5.10 Å². The summed E-state index contributed by atoms with van der Waals surface area (Å²) in [7, 11) is 0. The van der Waals surface area contributed by atoms with Crippen LogP contribution >= 0.6 is 0 Å². The van der Waals surface area contributed by atoms with Crippen LogP contribution in [0.25, 0.3) is 0 Å². The molecule has 6 nitrogen and oxygen atoms in total. The molecule has 1 N–H and O–H groups in total. The Labute approximate surface area is 94.8 Å². The Morgan fingerprint density at radius 2 is 2.24 bits per heavy atom. The highest BCUT2D eigenvalue weighted by molar-refractivity contribution is 5.87. The molecule has 94 valence electrons. The topological polar surface area (TPSA) is 81.4 Å². The molecule has 0 saturated heterocycles. The number of rotatable bonds is 5. The largest absolute Gasteiger partial charge is 0.480 e. The highest BCUT2D eigenvalue weighted by Crippen LogP contribution is 2.20. The van der Waals surface area contributed by atoms with E-state index in [2.05, 4.69) is 9.84 Å². The average molecular weight is 248 g/mol. The summed E-state index contributed by atoms with van der Waals surface area (Å²) < 4.78 is 30.2. The zero-order valence-electron chi connectivity index (χ0n) is 8.89. The minimum Gasteiger partial charge on any atom is -0.480 e. The first-order chi connectivity index (χ1) is 7.95. The van der Waals surface area contributed by atoms with Crippen LogP contribution in [0.1, 0.15) is 29.5 Å². The van der Waals surface area contributed by atoms with E-state index in [-0.39, 0.29) is 12.3 Å². The standard InChI is InChI=1S/C9H10F2N2O4/c1-2-17-9(16)5-3-6(8(10)11)13(12-5)4-7(14)15/h3,8H,2,4H2,1H3,(H,14,15). The first-order valence-electron chi connectivity index (χ1n) is 4.70. The lowest BCUT2D eigenvalue weighted by Crippen LogP contribution is -2.14. The number of alkyl halides is 2. The van der Waals surface area contributed by atoms with Crippen molar-refractivity contribution in [1.29, 1.82) is 0 Å². The Morgan fingerprint density at radius 3 is 2.71 bits per heavy atom. The Balaban J connectivity index is 3.03. The zero-order chi connectivity index (χ0) is 13.0. The molecule has 0 spiro atoms. The van der Waals surface area contributed by atoms with Gasteiger partial charge in [-0.3, -0.25) is 9.48 Å². The summed E-state index contributed by atoms with van der Waals surface area (Å²) in [6.45, 7) is 0.897. The first-order valence-corrected chi connectivity index (χ1v) is 4.70. The molecule has 1 rings (SSSR count). The molecule has 0 aliphatic heterocycles. The number of carbonyl (C=O) groups is 2. The fraction of sp³-hybridized carbons (Fsp3) is 0.444. The third-order valence-electron chi connectivity index (χ3n) is 1.80. The third-order valence-corrected chi connectivity index (χ3v) is 1.80. The predicted molar refractivity (Wildman–Crippen MR) is 50.8 cm³/mol. The Morgan fingerprint density at radius 1 is 1.59 bits per heavy atom. The van der Waals surface area contributed by atoms with Crippen molar-refractivity contribution in [3.8, 4) is 0 Å². The molecule has 1 aromatic rings. The van der Waals surface area contributed by atoms with Gasteiger partial charge in [-0.05, 0) is 6.92 Å². The second kappa shape index (κ2) is 5.37. The number of esters is 1. The first kappa shape index (κ1) is 13.1. The average Bonchev–Trinajstić information content (AvgIpc) is 2.61. The van der Waals surface area contributed by atoms with E-state index in [4.69, 9.17) is 5.11 Å². The SMILES string of the molecule is CCOC(=O)c1cc(C(F)F)n(CC(=O)O)n1. The van der Waals surface area contributed by atoms with Crippen LogP contribution in [0.15, 0.2) is 6.07 Å². The zero-order valence-corrected chi connectivity index (χ0v) is 8.89. The molecule has 0 radical (unpaired) electrons. The number of aliphatic carboxylic acids is 1. The van der Waals surface area contributed by atoms with Crippen LogP contribution in [0.2, 0.25) is 0 Å². The molecule has 1 heterocycles. The maximum atomic E-state index is 12.5. The van der Waals surface area contributed by atoms with Crippen molar-refractivity contribution in [3.63, 3.8) is 0 Å². The van der Waals surface area contributed by atoms with Gasteiger partial charge in [-0.25, -0.2) is 13.6 Å². The van der Waals surface area contributed by atoms with Gasteiger partial charge in [0.1, 0.15) is 12.2 Å². The maximum absolute atomic E-state index is 12.5. The summed E-state index contributed by atoms with van der Waals surface area (Å²) in [4.78, 5) is 21.7. The predicted octanol–water partition coefficient (Wildman–Crippen LogP) is 1.08. The third kappa shape index (κ3) is 3.23. The van der Waals surface area contributed by atoms with Gasteiger partial charge in [-0.1, -0.05) is 0 Å². The van der Waals surface area contributed by atoms with E-state index >= 15 is 0 Å². The van der Waals surface area contributed by atoms with Crippen molar-refractivity contribution in [1.82, 2.24) is 9.78 Å². The molecule has 0 aliphatic rings. The van der Waals surface area contributed by atoms with Crippen LogP contribution in [-0.2, 0) is 16.1 Å². The summed E-state index contributed by atoms with van der Waals surface area (Å²) in [5, 5.41) is 12.0. The molecule has 0 unspecified atom stereocenters. The summed E-state index contributed by atoms with van der Waals surface area (Å²) in [5.74, 6) is -2.19. The number of carbonyl (C=O) groups excluding carboxylic acids is 1. The molecule has 0 aromatic carbocycles. The normalized spacial score (nSPS) is 10.6. The summed E-state index contributed by atoms with van der Waals surface area (Å²) in [6, 6.07) is 0.825. The van der Waals surface area contributed by atoms with Gasteiger partial charge in [0, 0.05) is 6.07 Å². The molecular weight excluding hydrogens is 238 g/mol. The summed E-state index contributed by atoms with van der Waals surface area (Å²) in [6.07, 6.45) is -2.91. The number of carboxylic acids is 1. The highest BCUT2D eigenvalue weighted by atomic mass is 19.3. The molecular formula is C9H10F2N2O4. The molecule has 0 atom stereocenters. The smallest absolute Gasteiger partial charge is 0.358 e. The van der Waals surface area contributed by atoms with Crippen LogP contribution < -0.4 is 0 Å². The molecule has 1 aromatic heterocycles. The number of aromatic nitrogens is 2. The van der Waals surface area contributed by atoms with Gasteiger partial charge in [0.25, 0.3) is 6.43 Å². The lowest BCUT2D eigenvalue weighted by atomic mass is 10.3. The lowest BCUT2D eigenvalue weighted by molar-refractivity contribution is -0.138. The van der Waals surface area contributed by atoms with Crippen LogP contribution in [0.5, 0.6) is 0 Å². The monoisotopic (exact) mass is 248 g/mol. The van der Waals surface area contributed by atoms with E-state index < -0.39 is 30.6 Å². The summed E-state index contributed by atoms with van der Waals surface area (Å²) in [5.41, 5.74) is -0.959. The van der Waals surface area contributed by atoms with Gasteiger partial charge in [-0.15, -0.1) is 0 Å². The van der Waals surface area contributed by atoms with E-state index in [1.165, 1.54) is 0 Å². The number of carboxylic acid groups (broad SMARTS) is 1. The van der Waals surface area contributed by atoms with Crippen molar-refractivity contribution in [2.45, 2.75) is 19.9 Å². The second-order valence-electron chi connectivity index (χ2n) is 3.03. The van der Waals surface area contributed by atoms with Gasteiger partial charge < -0.3 is 9.84 Å². The number of hydrogen-bond acceptors (Lipinski definition) is 4. The van der Waals surface area contributed by atoms with Crippen molar-refractivity contribution in [2.24, 2.45) is 0 Å². The van der Waals surface area contributed by atoms with Crippen LogP contribution in [-0.4, -0.2) is 33.4 Å². The van der Waals surface area contributed by atoms with Gasteiger partial charge in [0.2, 0.25) is 0 Å². The van der Waals surface area contributed by atoms with E-state index in [1.54, 1.807) is 6.92 Å². The quantitative estimate of drug-likeness (QED) is 0.788. The maximum Gasteiger partial charge on any atom is 0.358 e. The molecule has 0 bridgehead atoms. The molecule has 0 fully saturated rings. The van der Waals surface area contributed by atoms with E-state index in [0.717, 1.165) is 6.07 Å². The molecule has 0 saturated carbocycles. The fourth-order valence-corrected chi connectivity index (χ4v) is 1.17. The Kier molecular flexibility index (Phi) is 4.13. The fourth-order valence-electron chi connectivity index (χ4n) is 1.17. The van der Waals surface area contributed by atoms with Gasteiger partial charge in [0.05, 0.1) is 6.61 Å². The molecule has 0 amide bonds. The number of ether oxygens (including phenoxy) is 1. The number of hydrogen-bond donors (Lipinski definition) is 1. The van der Waals surface area contributed by atoms with E-state index in [0.29, 0.717) is 4.68 Å². The molecule has 17 heavy (non-hydrogen) atoms. The summed E-state index contributed by atoms with van der Waals surface area (Å²) >= 11 is 0. The van der Waals surface area contributed by atoms with Gasteiger partial charge in [0.15, 0.2) is 5.69 Å². The number of nitrogens with zero attached hydrogens (tertiary/aromatic N) is 2. The van der Waals surface area contributed by atoms with Crippen molar-refractivity contribution >= 4 is 11.9 Å². The Hall–Kier alpha value is -1.99. The van der Waals surface area contributed by atoms with E-state index in [9.17, 15) is 18.4 Å². The molecule has 0 aliphatic carbocycles. The van der Waals surface area contributed by atoms with Crippen molar-refractivity contribution in [3.05, 3.63) is 17.5 Å². The van der Waals surface area contributed by atoms with Crippen LogP contribution in [0.3, 0.4) is 0 Å². The van der Waals surface area contributed by atoms with Crippen LogP contribution in [0, 0.1) is 0 Å². The minimum atomic E-state index is -2.91. The Bertz CT molecular complexity index is 431. The van der Waals surface area contributed by atoms with Crippen molar-refractivity contribution in [2.75, 3.05) is 6.61 Å². The van der Waals surface area contributed by atoms with Gasteiger partial charge >= 0.3 is 11.9 Å². The second-order valence-corrected chi connectivity index (χ2v) is 3.03. The lowest BCUT2D eigenvalue weighted by Gasteiger charge is -2.02. The van der Waals surface area contributed by atoms with Crippen LogP contribution in [0.4, 0.5) is 8.78 Å². The van der Waals surface area contributed by atoms with E-state index in [1.807, 2.05) is 0 Å².